The maximum atomic E-state index is 8.96. The first-order valence-corrected chi connectivity index (χ1v) is 4.16. The first-order valence-electron chi connectivity index (χ1n) is 3.75. The summed E-state index contributed by atoms with van der Waals surface area (Å²) in [5.74, 6) is 5.16. The summed E-state index contributed by atoms with van der Waals surface area (Å²) in [6.07, 6.45) is 0. The van der Waals surface area contributed by atoms with Gasteiger partial charge in [0.05, 0.1) is 25.9 Å². The number of ether oxygens (including phenoxy) is 1. The molecule has 0 spiro atoms. The molecule has 6 heteroatoms. The number of nitrogens with zero attached hydrogens (tertiary/aromatic N) is 1. The Morgan fingerprint density at radius 1 is 1.83 bits per heavy atom. The number of morpholine rings is 1. The summed E-state index contributed by atoms with van der Waals surface area (Å²) in [5, 5.41) is 9.41. The van der Waals surface area contributed by atoms with Gasteiger partial charge in [0, 0.05) is 6.54 Å². The molecule has 1 unspecified atom stereocenters. The largest absolute Gasteiger partial charge is 0.394 e. The lowest BCUT2D eigenvalue weighted by Gasteiger charge is -2.35. The van der Waals surface area contributed by atoms with Crippen molar-refractivity contribution in [2.24, 2.45) is 5.84 Å². The van der Waals surface area contributed by atoms with Gasteiger partial charge in [-0.2, -0.15) is 0 Å². The summed E-state index contributed by atoms with van der Waals surface area (Å²) in [6, 6.07) is -0.0673. The molecule has 1 rings (SSSR count). The molecule has 1 aliphatic heterocycles. The predicted octanol–water partition coefficient (Wildman–Crippen LogP) is -1.57. The van der Waals surface area contributed by atoms with Gasteiger partial charge in [-0.25, -0.2) is 5.84 Å². The van der Waals surface area contributed by atoms with Crippen LogP contribution in [-0.4, -0.2) is 47.5 Å². The van der Waals surface area contributed by atoms with E-state index in [1.54, 1.807) is 0 Å². The number of nitrogens with one attached hydrogen (secondary N) is 1. The van der Waals surface area contributed by atoms with E-state index < -0.39 is 0 Å². The molecule has 0 aliphatic carbocycles. The average Bonchev–Trinajstić information content (AvgIpc) is 2.16. The van der Waals surface area contributed by atoms with Crippen molar-refractivity contribution in [1.29, 1.82) is 0 Å². The van der Waals surface area contributed by atoms with Crippen molar-refractivity contribution in [3.8, 4) is 0 Å². The van der Waals surface area contributed by atoms with Crippen molar-refractivity contribution in [1.82, 2.24) is 10.3 Å². The van der Waals surface area contributed by atoms with Crippen LogP contribution in [0.25, 0.3) is 0 Å². The summed E-state index contributed by atoms with van der Waals surface area (Å²) < 4.78 is 5.17. The van der Waals surface area contributed by atoms with Crippen LogP contribution in [-0.2, 0) is 4.74 Å². The third-order valence-electron chi connectivity index (χ3n) is 1.82. The van der Waals surface area contributed by atoms with E-state index in [-0.39, 0.29) is 12.6 Å². The summed E-state index contributed by atoms with van der Waals surface area (Å²) in [6.45, 7) is 1.83. The number of thiocarbonyl (C=S) groups is 1. The van der Waals surface area contributed by atoms with E-state index in [0.717, 1.165) is 0 Å². The zero-order chi connectivity index (χ0) is 8.97. The molecule has 1 fully saturated rings. The van der Waals surface area contributed by atoms with Crippen LogP contribution in [0.2, 0.25) is 0 Å². The van der Waals surface area contributed by atoms with Crippen LogP contribution in [0.5, 0.6) is 0 Å². The van der Waals surface area contributed by atoms with Gasteiger partial charge >= 0.3 is 0 Å². The molecular formula is C6H13N3O2S. The van der Waals surface area contributed by atoms with Crippen LogP contribution in [0.4, 0.5) is 0 Å². The summed E-state index contributed by atoms with van der Waals surface area (Å²) in [5.41, 5.74) is 2.39. The molecule has 4 N–H and O–H groups in total. The lowest BCUT2D eigenvalue weighted by molar-refractivity contribution is 0.00448. The normalized spacial score (nSPS) is 23.8. The topological polar surface area (TPSA) is 70.8 Å². The fraction of sp³-hybridized carbons (Fsp3) is 0.833. The van der Waals surface area contributed by atoms with Crippen molar-refractivity contribution >= 4 is 17.3 Å². The monoisotopic (exact) mass is 191 g/mol. The fourth-order valence-corrected chi connectivity index (χ4v) is 1.40. The number of aliphatic hydroxyl groups excluding tert-OH is 1. The molecule has 0 radical (unpaired) electrons. The lowest BCUT2D eigenvalue weighted by atomic mass is 10.2. The Morgan fingerprint density at radius 2 is 2.58 bits per heavy atom. The second-order valence-electron chi connectivity index (χ2n) is 2.55. The van der Waals surface area contributed by atoms with Crippen LogP contribution < -0.4 is 11.3 Å². The number of hydrazine groups is 1. The molecule has 0 aromatic heterocycles. The van der Waals surface area contributed by atoms with Crippen molar-refractivity contribution in [2.45, 2.75) is 6.04 Å². The van der Waals surface area contributed by atoms with Crippen LogP contribution in [0, 0.1) is 0 Å². The van der Waals surface area contributed by atoms with E-state index in [9.17, 15) is 0 Å². The Labute approximate surface area is 76.4 Å². The first-order chi connectivity index (χ1) is 5.79. The summed E-state index contributed by atoms with van der Waals surface area (Å²) in [4.78, 5) is 1.83. The number of hydrogen-bond donors (Lipinski definition) is 3. The van der Waals surface area contributed by atoms with Crippen LogP contribution in [0.1, 0.15) is 0 Å². The van der Waals surface area contributed by atoms with Gasteiger partial charge in [-0.15, -0.1) is 0 Å². The van der Waals surface area contributed by atoms with Crippen molar-refractivity contribution < 1.29 is 9.84 Å². The molecule has 1 saturated heterocycles. The second kappa shape index (κ2) is 4.56. The smallest absolute Gasteiger partial charge is 0.183 e. The third kappa shape index (κ3) is 2.04. The number of aliphatic hydroxyl groups is 1. The predicted molar refractivity (Wildman–Crippen MR) is 48.3 cm³/mol. The van der Waals surface area contributed by atoms with E-state index in [1.807, 2.05) is 4.90 Å². The Bertz CT molecular complexity index is 167. The average molecular weight is 191 g/mol. The fourth-order valence-electron chi connectivity index (χ4n) is 1.16. The van der Waals surface area contributed by atoms with E-state index in [0.29, 0.717) is 24.9 Å². The molecule has 0 aromatic rings. The molecule has 1 atom stereocenters. The minimum Gasteiger partial charge on any atom is -0.394 e. The SMILES string of the molecule is NNC(=S)N1CCOCC1CO. The second-order valence-corrected chi connectivity index (χ2v) is 2.94. The molecule has 1 aliphatic rings. The van der Waals surface area contributed by atoms with Crippen LogP contribution in [0.3, 0.4) is 0 Å². The maximum absolute atomic E-state index is 8.96. The van der Waals surface area contributed by atoms with Gasteiger partial charge < -0.3 is 20.2 Å². The summed E-state index contributed by atoms with van der Waals surface area (Å²) in [7, 11) is 0. The van der Waals surface area contributed by atoms with Gasteiger partial charge in [-0.05, 0) is 12.2 Å². The highest BCUT2D eigenvalue weighted by Crippen LogP contribution is 2.05. The van der Waals surface area contributed by atoms with Crippen LogP contribution in [0.15, 0.2) is 0 Å². The molecule has 0 amide bonds. The first kappa shape index (κ1) is 9.66. The zero-order valence-electron chi connectivity index (χ0n) is 6.69. The summed E-state index contributed by atoms with van der Waals surface area (Å²) >= 11 is 4.94. The Kier molecular flexibility index (Phi) is 3.67. The molecular weight excluding hydrogens is 178 g/mol. The number of hydrogen-bond acceptors (Lipinski definition) is 4. The van der Waals surface area contributed by atoms with Gasteiger partial charge in [-0.1, -0.05) is 0 Å². The van der Waals surface area contributed by atoms with Gasteiger partial charge in [0.1, 0.15) is 0 Å². The number of nitrogens with two attached hydrogens (primary N) is 1. The van der Waals surface area contributed by atoms with Gasteiger partial charge in [0.25, 0.3) is 0 Å². The standard InChI is InChI=1S/C6H13N3O2S/c7-8-6(12)9-1-2-11-4-5(9)3-10/h5,10H,1-4,7H2,(H,8,12). The van der Waals surface area contributed by atoms with E-state index >= 15 is 0 Å². The van der Waals surface area contributed by atoms with Gasteiger partial charge in [0.15, 0.2) is 5.11 Å². The van der Waals surface area contributed by atoms with E-state index in [1.165, 1.54) is 0 Å². The quantitative estimate of drug-likeness (QED) is 0.264. The third-order valence-corrected chi connectivity index (χ3v) is 2.17. The molecule has 70 valence electrons. The Morgan fingerprint density at radius 3 is 3.17 bits per heavy atom. The number of rotatable bonds is 1. The highest BCUT2D eigenvalue weighted by atomic mass is 32.1. The molecule has 0 saturated carbocycles. The zero-order valence-corrected chi connectivity index (χ0v) is 7.51. The van der Waals surface area contributed by atoms with Gasteiger partial charge in [-0.3, -0.25) is 0 Å². The minimum atomic E-state index is -0.0673. The van der Waals surface area contributed by atoms with E-state index in [4.69, 9.17) is 27.9 Å². The Balaban J connectivity index is 2.52. The maximum Gasteiger partial charge on any atom is 0.183 e. The molecule has 0 bridgehead atoms. The highest BCUT2D eigenvalue weighted by Gasteiger charge is 2.23. The van der Waals surface area contributed by atoms with Gasteiger partial charge in [0.2, 0.25) is 0 Å². The van der Waals surface area contributed by atoms with Crippen molar-refractivity contribution in [3.05, 3.63) is 0 Å². The van der Waals surface area contributed by atoms with Crippen molar-refractivity contribution in [3.63, 3.8) is 0 Å². The van der Waals surface area contributed by atoms with E-state index in [2.05, 4.69) is 5.43 Å². The molecule has 12 heavy (non-hydrogen) atoms. The van der Waals surface area contributed by atoms with Crippen molar-refractivity contribution in [2.75, 3.05) is 26.4 Å². The van der Waals surface area contributed by atoms with Crippen LogP contribution >= 0.6 is 12.2 Å². The highest BCUT2D eigenvalue weighted by molar-refractivity contribution is 7.80. The molecule has 5 nitrogen and oxygen atoms in total. The minimum absolute atomic E-state index is 0.0296. The lowest BCUT2D eigenvalue weighted by Crippen LogP contribution is -2.55. The molecule has 0 aromatic carbocycles. The Hall–Kier alpha value is -0.430. The molecule has 1 heterocycles.